The van der Waals surface area contributed by atoms with Crippen LogP contribution in [0.25, 0.3) is 0 Å². The van der Waals surface area contributed by atoms with Crippen LogP contribution in [-0.4, -0.2) is 7.05 Å². The molecule has 0 saturated heterocycles. The summed E-state index contributed by atoms with van der Waals surface area (Å²) in [6, 6.07) is 9.71. The molecule has 1 fully saturated rings. The molecule has 2 rings (SSSR count). The van der Waals surface area contributed by atoms with Crippen LogP contribution in [0.5, 0.6) is 0 Å². The van der Waals surface area contributed by atoms with E-state index in [1.165, 1.54) is 43.2 Å². The molecule has 1 unspecified atom stereocenters. The van der Waals surface area contributed by atoms with Crippen LogP contribution in [0.2, 0.25) is 0 Å². The Morgan fingerprint density at radius 3 is 2.75 bits per heavy atom. The maximum Gasteiger partial charge on any atom is 0.0346 e. The maximum atomic E-state index is 3.49. The molecular weight excluding hydrogens is 194 g/mol. The van der Waals surface area contributed by atoms with Gasteiger partial charge in [-0.2, -0.15) is 0 Å². The Balaban J connectivity index is 2.13. The minimum atomic E-state index is 0.575. The Kier molecular flexibility index (Phi) is 4.00. The maximum absolute atomic E-state index is 3.49. The van der Waals surface area contributed by atoms with Gasteiger partial charge in [0.05, 0.1) is 0 Å². The molecule has 0 aromatic heterocycles. The zero-order valence-corrected chi connectivity index (χ0v) is 10.5. The second-order valence-electron chi connectivity index (χ2n) is 4.95. The van der Waals surface area contributed by atoms with Crippen LogP contribution in [0.4, 0.5) is 0 Å². The predicted octanol–water partition coefficient (Wildman–Crippen LogP) is 3.70. The third-order valence-corrected chi connectivity index (χ3v) is 3.78. The van der Waals surface area contributed by atoms with E-state index in [2.05, 4.69) is 43.6 Å². The van der Waals surface area contributed by atoms with E-state index in [9.17, 15) is 0 Å². The highest BCUT2D eigenvalue weighted by molar-refractivity contribution is 5.27. The lowest BCUT2D eigenvalue weighted by Crippen LogP contribution is -2.29. The molecule has 1 aromatic rings. The molecule has 88 valence electrons. The summed E-state index contributed by atoms with van der Waals surface area (Å²) in [5, 5.41) is 3.49. The molecule has 1 aliphatic rings. The van der Waals surface area contributed by atoms with E-state index in [4.69, 9.17) is 0 Å². The van der Waals surface area contributed by atoms with Crippen molar-refractivity contribution in [1.29, 1.82) is 0 Å². The summed E-state index contributed by atoms with van der Waals surface area (Å²) in [4.78, 5) is 0. The van der Waals surface area contributed by atoms with Gasteiger partial charge in [-0.25, -0.2) is 0 Å². The van der Waals surface area contributed by atoms with Gasteiger partial charge in [0, 0.05) is 6.04 Å². The van der Waals surface area contributed by atoms with Crippen LogP contribution < -0.4 is 5.32 Å². The van der Waals surface area contributed by atoms with E-state index >= 15 is 0 Å². The molecule has 0 spiro atoms. The van der Waals surface area contributed by atoms with Crippen molar-refractivity contribution in [3.05, 3.63) is 35.4 Å². The van der Waals surface area contributed by atoms with Crippen LogP contribution in [0.3, 0.4) is 0 Å². The lowest BCUT2D eigenvalue weighted by Gasteiger charge is -2.34. The molecule has 1 saturated carbocycles. The highest BCUT2D eigenvalue weighted by atomic mass is 14.9. The van der Waals surface area contributed by atoms with E-state index in [0.717, 1.165) is 5.92 Å². The average molecular weight is 217 g/mol. The second kappa shape index (κ2) is 5.49. The molecule has 0 bridgehead atoms. The van der Waals surface area contributed by atoms with Gasteiger partial charge in [-0.1, -0.05) is 44.0 Å². The van der Waals surface area contributed by atoms with Crippen molar-refractivity contribution < 1.29 is 0 Å². The summed E-state index contributed by atoms with van der Waals surface area (Å²) in [5.74, 6) is 0.863. The Morgan fingerprint density at radius 1 is 1.38 bits per heavy atom. The van der Waals surface area contributed by atoms with Crippen molar-refractivity contribution in [1.82, 2.24) is 5.32 Å². The fraction of sp³-hybridized carbons (Fsp3) is 0.600. The molecule has 1 aliphatic carbocycles. The van der Waals surface area contributed by atoms with E-state index in [1.54, 1.807) is 0 Å². The van der Waals surface area contributed by atoms with E-state index < -0.39 is 0 Å². The molecule has 0 aliphatic heterocycles. The Hall–Kier alpha value is -0.820. The van der Waals surface area contributed by atoms with Crippen LogP contribution >= 0.6 is 0 Å². The standard InChI is InChI=1S/C15H23N/c1-3-6-12-7-4-10-14(11-12)15(16-2)13-8-5-9-13/h4,7,10-11,13,15-16H,3,5-6,8-9H2,1-2H3. The van der Waals surface area contributed by atoms with Crippen LogP contribution in [0.1, 0.15) is 49.8 Å². The lowest BCUT2D eigenvalue weighted by molar-refractivity contribution is 0.239. The first-order valence-corrected chi connectivity index (χ1v) is 6.61. The molecular formula is C15H23N. The third-order valence-electron chi connectivity index (χ3n) is 3.78. The Labute approximate surface area is 99.3 Å². The Morgan fingerprint density at radius 2 is 2.19 bits per heavy atom. The molecule has 0 amide bonds. The van der Waals surface area contributed by atoms with Gasteiger partial charge in [-0.05, 0) is 43.4 Å². The summed E-state index contributed by atoms with van der Waals surface area (Å²) < 4.78 is 0. The van der Waals surface area contributed by atoms with Gasteiger partial charge in [0.1, 0.15) is 0 Å². The van der Waals surface area contributed by atoms with Crippen LogP contribution in [-0.2, 0) is 6.42 Å². The third kappa shape index (κ3) is 2.46. The fourth-order valence-corrected chi connectivity index (χ4v) is 2.68. The van der Waals surface area contributed by atoms with Crippen molar-refractivity contribution >= 4 is 0 Å². The summed E-state index contributed by atoms with van der Waals surface area (Å²) >= 11 is 0. The largest absolute Gasteiger partial charge is 0.313 e. The summed E-state index contributed by atoms with van der Waals surface area (Å²) in [7, 11) is 2.09. The van der Waals surface area contributed by atoms with E-state index in [0.29, 0.717) is 6.04 Å². The number of rotatable bonds is 5. The average Bonchev–Trinajstić information content (AvgIpc) is 2.24. The summed E-state index contributed by atoms with van der Waals surface area (Å²) in [6.07, 6.45) is 6.64. The highest BCUT2D eigenvalue weighted by Crippen LogP contribution is 2.37. The van der Waals surface area contributed by atoms with E-state index in [-0.39, 0.29) is 0 Å². The van der Waals surface area contributed by atoms with Gasteiger partial charge >= 0.3 is 0 Å². The smallest absolute Gasteiger partial charge is 0.0346 e. The first-order chi connectivity index (χ1) is 7.85. The van der Waals surface area contributed by atoms with Gasteiger partial charge in [-0.3, -0.25) is 0 Å². The molecule has 0 radical (unpaired) electrons. The number of hydrogen-bond donors (Lipinski definition) is 1. The van der Waals surface area contributed by atoms with Crippen molar-refractivity contribution in [2.75, 3.05) is 7.05 Å². The number of aryl methyl sites for hydroxylation is 1. The zero-order valence-electron chi connectivity index (χ0n) is 10.5. The molecule has 1 nitrogen and oxygen atoms in total. The minimum Gasteiger partial charge on any atom is -0.313 e. The number of benzene rings is 1. The van der Waals surface area contributed by atoms with Crippen molar-refractivity contribution in [2.45, 2.75) is 45.1 Å². The topological polar surface area (TPSA) is 12.0 Å². The molecule has 1 N–H and O–H groups in total. The van der Waals surface area contributed by atoms with Crippen molar-refractivity contribution in [3.8, 4) is 0 Å². The molecule has 1 heteroatoms. The van der Waals surface area contributed by atoms with Gasteiger partial charge < -0.3 is 5.32 Å². The quantitative estimate of drug-likeness (QED) is 0.793. The molecule has 0 heterocycles. The molecule has 16 heavy (non-hydrogen) atoms. The zero-order chi connectivity index (χ0) is 11.4. The van der Waals surface area contributed by atoms with E-state index in [1.807, 2.05) is 0 Å². The second-order valence-corrected chi connectivity index (χ2v) is 4.95. The number of nitrogens with one attached hydrogen (secondary N) is 1. The molecule has 1 atom stereocenters. The normalized spacial score (nSPS) is 18.1. The molecule has 1 aromatic carbocycles. The first kappa shape index (κ1) is 11.7. The summed E-state index contributed by atoms with van der Waals surface area (Å²) in [6.45, 7) is 2.24. The Bertz CT molecular complexity index is 328. The fourth-order valence-electron chi connectivity index (χ4n) is 2.68. The monoisotopic (exact) mass is 217 g/mol. The van der Waals surface area contributed by atoms with Gasteiger partial charge in [-0.15, -0.1) is 0 Å². The van der Waals surface area contributed by atoms with Gasteiger partial charge in [0.25, 0.3) is 0 Å². The SMILES string of the molecule is CCCc1cccc(C(NC)C2CCC2)c1. The summed E-state index contributed by atoms with van der Waals surface area (Å²) in [5.41, 5.74) is 2.97. The van der Waals surface area contributed by atoms with Gasteiger partial charge in [0.15, 0.2) is 0 Å². The van der Waals surface area contributed by atoms with Crippen molar-refractivity contribution in [2.24, 2.45) is 5.92 Å². The van der Waals surface area contributed by atoms with Gasteiger partial charge in [0.2, 0.25) is 0 Å². The van der Waals surface area contributed by atoms with Crippen LogP contribution in [0, 0.1) is 5.92 Å². The predicted molar refractivity (Wildman–Crippen MR) is 69.6 cm³/mol. The minimum absolute atomic E-state index is 0.575. The number of hydrogen-bond acceptors (Lipinski definition) is 1. The first-order valence-electron chi connectivity index (χ1n) is 6.61. The van der Waals surface area contributed by atoms with Crippen LogP contribution in [0.15, 0.2) is 24.3 Å². The highest BCUT2D eigenvalue weighted by Gasteiger charge is 2.27. The van der Waals surface area contributed by atoms with Crippen molar-refractivity contribution in [3.63, 3.8) is 0 Å². The lowest BCUT2D eigenvalue weighted by atomic mass is 9.77.